The molecule has 2 nitrogen and oxygen atoms in total. The molecule has 0 aliphatic rings. The number of thiazole rings is 1. The Balaban J connectivity index is 1.59. The van der Waals surface area contributed by atoms with Gasteiger partial charge < -0.3 is 0 Å². The van der Waals surface area contributed by atoms with Crippen LogP contribution < -0.4 is 0 Å². The second-order valence-electron chi connectivity index (χ2n) is 6.25. The van der Waals surface area contributed by atoms with Gasteiger partial charge in [0.25, 0.3) is 0 Å². The van der Waals surface area contributed by atoms with Crippen molar-refractivity contribution < 1.29 is 13.2 Å². The summed E-state index contributed by atoms with van der Waals surface area (Å²) in [6.45, 7) is 2.04. The standard InChI is InChI=1S/C20H15F3N2S/c1-13-5-7-15(8-6-13)18-12-25-11-17(26-19(25)24-18)10-14-3-2-4-16(9-14)20(21,22)23/h2-9,11-12H,10H2,1H3. The van der Waals surface area contributed by atoms with Crippen molar-refractivity contribution in [1.29, 1.82) is 0 Å². The van der Waals surface area contributed by atoms with Crippen LogP contribution in [0, 0.1) is 6.92 Å². The van der Waals surface area contributed by atoms with Crippen molar-refractivity contribution in [1.82, 2.24) is 9.38 Å². The molecule has 0 saturated heterocycles. The lowest BCUT2D eigenvalue weighted by molar-refractivity contribution is -0.137. The molecule has 0 radical (unpaired) electrons. The first-order valence-corrected chi connectivity index (χ1v) is 8.91. The predicted molar refractivity (Wildman–Crippen MR) is 97.5 cm³/mol. The van der Waals surface area contributed by atoms with E-state index in [2.05, 4.69) is 4.98 Å². The van der Waals surface area contributed by atoms with Crippen molar-refractivity contribution in [3.05, 3.63) is 82.5 Å². The summed E-state index contributed by atoms with van der Waals surface area (Å²) < 4.78 is 40.5. The molecule has 0 aliphatic heterocycles. The molecule has 0 N–H and O–H groups in total. The first-order chi connectivity index (χ1) is 12.4. The Hall–Kier alpha value is -2.60. The van der Waals surface area contributed by atoms with Gasteiger partial charge in [0.05, 0.1) is 11.3 Å². The van der Waals surface area contributed by atoms with Crippen LogP contribution in [0.15, 0.2) is 60.9 Å². The van der Waals surface area contributed by atoms with E-state index in [0.29, 0.717) is 12.0 Å². The average Bonchev–Trinajstić information content (AvgIpc) is 3.13. The third kappa shape index (κ3) is 3.37. The van der Waals surface area contributed by atoms with Gasteiger partial charge in [-0.3, -0.25) is 4.40 Å². The van der Waals surface area contributed by atoms with Crippen LogP contribution in [0.4, 0.5) is 13.2 Å². The van der Waals surface area contributed by atoms with Crippen LogP contribution in [-0.4, -0.2) is 9.38 Å². The van der Waals surface area contributed by atoms with Crippen LogP contribution in [0.2, 0.25) is 0 Å². The van der Waals surface area contributed by atoms with Crippen LogP contribution >= 0.6 is 11.3 Å². The monoisotopic (exact) mass is 372 g/mol. The molecule has 4 rings (SSSR count). The molecule has 4 aromatic rings. The number of hydrogen-bond donors (Lipinski definition) is 0. The lowest BCUT2D eigenvalue weighted by Crippen LogP contribution is -2.05. The topological polar surface area (TPSA) is 17.3 Å². The SMILES string of the molecule is Cc1ccc(-c2cn3cc(Cc4cccc(C(F)(F)F)c4)sc3n2)cc1. The zero-order chi connectivity index (χ0) is 18.3. The number of alkyl halides is 3. The number of aromatic nitrogens is 2. The van der Waals surface area contributed by atoms with E-state index in [0.717, 1.165) is 27.2 Å². The smallest absolute Gasteiger partial charge is 0.297 e. The summed E-state index contributed by atoms with van der Waals surface area (Å²) in [7, 11) is 0. The van der Waals surface area contributed by atoms with E-state index in [4.69, 9.17) is 0 Å². The minimum absolute atomic E-state index is 0.456. The molecule has 0 atom stereocenters. The Kier molecular flexibility index (Phi) is 4.07. The van der Waals surface area contributed by atoms with E-state index in [9.17, 15) is 13.2 Å². The molecule has 2 aromatic carbocycles. The number of hydrogen-bond acceptors (Lipinski definition) is 2. The zero-order valence-corrected chi connectivity index (χ0v) is 14.7. The summed E-state index contributed by atoms with van der Waals surface area (Å²) in [5.41, 5.74) is 3.16. The summed E-state index contributed by atoms with van der Waals surface area (Å²) >= 11 is 1.49. The zero-order valence-electron chi connectivity index (χ0n) is 13.9. The van der Waals surface area contributed by atoms with Gasteiger partial charge in [0.2, 0.25) is 0 Å². The first-order valence-electron chi connectivity index (χ1n) is 8.09. The summed E-state index contributed by atoms with van der Waals surface area (Å²) in [6.07, 6.45) is 0.0257. The lowest BCUT2D eigenvalue weighted by atomic mass is 10.1. The van der Waals surface area contributed by atoms with Crippen LogP contribution in [-0.2, 0) is 12.6 Å². The molecule has 0 bridgehead atoms. The number of halogens is 3. The summed E-state index contributed by atoms with van der Waals surface area (Å²) in [5, 5.41) is 0. The molecule has 0 aliphatic carbocycles. The molecular weight excluding hydrogens is 357 g/mol. The predicted octanol–water partition coefficient (Wildman–Crippen LogP) is 5.98. The van der Waals surface area contributed by atoms with Gasteiger partial charge in [-0.2, -0.15) is 13.2 Å². The lowest BCUT2D eigenvalue weighted by Gasteiger charge is -2.07. The Morgan fingerprint density at radius 2 is 1.81 bits per heavy atom. The number of benzene rings is 2. The number of nitrogens with zero attached hydrogens (tertiary/aromatic N) is 2. The highest BCUT2D eigenvalue weighted by Crippen LogP contribution is 2.31. The number of aryl methyl sites for hydroxylation is 1. The van der Waals surface area contributed by atoms with E-state index in [1.165, 1.54) is 29.0 Å². The fourth-order valence-corrected chi connectivity index (χ4v) is 3.84. The van der Waals surface area contributed by atoms with E-state index in [1.807, 2.05) is 48.0 Å². The van der Waals surface area contributed by atoms with E-state index >= 15 is 0 Å². The van der Waals surface area contributed by atoms with Crippen molar-refractivity contribution in [2.24, 2.45) is 0 Å². The van der Waals surface area contributed by atoms with Crippen molar-refractivity contribution >= 4 is 16.3 Å². The Morgan fingerprint density at radius 1 is 1.04 bits per heavy atom. The fourth-order valence-electron chi connectivity index (χ4n) is 2.85. The van der Waals surface area contributed by atoms with Crippen molar-refractivity contribution in [2.75, 3.05) is 0 Å². The second kappa shape index (κ2) is 6.29. The minimum Gasteiger partial charge on any atom is -0.297 e. The van der Waals surface area contributed by atoms with Gasteiger partial charge in [0.15, 0.2) is 4.96 Å². The maximum atomic E-state index is 12.8. The Bertz CT molecular complexity index is 1030. The highest BCUT2D eigenvalue weighted by molar-refractivity contribution is 7.17. The van der Waals surface area contributed by atoms with E-state index in [-0.39, 0.29) is 0 Å². The third-order valence-corrected chi connectivity index (χ3v) is 5.18. The highest BCUT2D eigenvalue weighted by Gasteiger charge is 2.30. The number of rotatable bonds is 3. The Labute approximate surface area is 152 Å². The molecule has 0 spiro atoms. The van der Waals surface area contributed by atoms with Gasteiger partial charge >= 0.3 is 6.18 Å². The summed E-state index contributed by atoms with van der Waals surface area (Å²) in [6, 6.07) is 13.6. The van der Waals surface area contributed by atoms with E-state index < -0.39 is 11.7 Å². The average molecular weight is 372 g/mol. The van der Waals surface area contributed by atoms with Crippen LogP contribution in [0.5, 0.6) is 0 Å². The highest BCUT2D eigenvalue weighted by atomic mass is 32.1. The van der Waals surface area contributed by atoms with Gasteiger partial charge in [-0.05, 0) is 18.6 Å². The third-order valence-electron chi connectivity index (χ3n) is 4.18. The maximum absolute atomic E-state index is 12.8. The molecule has 0 amide bonds. The van der Waals surface area contributed by atoms with Gasteiger partial charge in [-0.25, -0.2) is 4.98 Å². The largest absolute Gasteiger partial charge is 0.416 e. The van der Waals surface area contributed by atoms with Gasteiger partial charge in [0, 0.05) is 29.3 Å². The molecular formula is C20H15F3N2S. The molecule has 0 fully saturated rings. The van der Waals surface area contributed by atoms with Crippen LogP contribution in [0.1, 0.15) is 21.6 Å². The van der Waals surface area contributed by atoms with E-state index in [1.54, 1.807) is 6.07 Å². The van der Waals surface area contributed by atoms with Gasteiger partial charge in [-0.15, -0.1) is 11.3 Å². The normalized spacial score (nSPS) is 12.0. The Morgan fingerprint density at radius 3 is 2.50 bits per heavy atom. The van der Waals surface area contributed by atoms with Crippen LogP contribution in [0.3, 0.4) is 0 Å². The molecule has 2 heterocycles. The second-order valence-corrected chi connectivity index (χ2v) is 7.35. The fraction of sp³-hybridized carbons (Fsp3) is 0.150. The molecule has 132 valence electrons. The number of imidazole rings is 1. The van der Waals surface area contributed by atoms with Crippen molar-refractivity contribution in [3.63, 3.8) is 0 Å². The molecule has 6 heteroatoms. The summed E-state index contributed by atoms with van der Waals surface area (Å²) in [5.74, 6) is 0. The minimum atomic E-state index is -4.32. The maximum Gasteiger partial charge on any atom is 0.416 e. The quantitative estimate of drug-likeness (QED) is 0.432. The summed E-state index contributed by atoms with van der Waals surface area (Å²) in [4.78, 5) is 6.44. The van der Waals surface area contributed by atoms with Crippen molar-refractivity contribution in [2.45, 2.75) is 19.5 Å². The van der Waals surface area contributed by atoms with Gasteiger partial charge in [-0.1, -0.05) is 48.0 Å². The first kappa shape index (κ1) is 16.8. The molecule has 26 heavy (non-hydrogen) atoms. The molecule has 0 saturated carbocycles. The van der Waals surface area contributed by atoms with Crippen molar-refractivity contribution in [3.8, 4) is 11.3 Å². The molecule has 2 aromatic heterocycles. The van der Waals surface area contributed by atoms with Crippen LogP contribution in [0.25, 0.3) is 16.2 Å². The molecule has 0 unspecified atom stereocenters. The van der Waals surface area contributed by atoms with Gasteiger partial charge in [0.1, 0.15) is 0 Å². The number of fused-ring (bicyclic) bond motifs is 1.